The van der Waals surface area contributed by atoms with Crippen LogP contribution in [0.1, 0.15) is 17.5 Å². The zero-order valence-electron chi connectivity index (χ0n) is 14.2. The molecule has 0 amide bonds. The van der Waals surface area contributed by atoms with E-state index in [4.69, 9.17) is 4.74 Å². The Morgan fingerprint density at radius 2 is 2.29 bits per heavy atom. The number of imidazole rings is 1. The molecule has 1 atom stereocenters. The highest BCUT2D eigenvalue weighted by atomic mass is 127. The van der Waals surface area contributed by atoms with Crippen molar-refractivity contribution in [3.8, 4) is 0 Å². The third-order valence-electron chi connectivity index (χ3n) is 4.00. The van der Waals surface area contributed by atoms with Crippen molar-refractivity contribution in [2.75, 3.05) is 26.7 Å². The summed E-state index contributed by atoms with van der Waals surface area (Å²) >= 11 is 0. The number of hydrogen-bond acceptors (Lipinski definition) is 4. The lowest BCUT2D eigenvalue weighted by atomic mass is 10.1. The Kier molecular flexibility index (Phi) is 6.60. The molecule has 0 saturated carbocycles. The van der Waals surface area contributed by atoms with Crippen molar-refractivity contribution in [3.63, 3.8) is 0 Å². The van der Waals surface area contributed by atoms with E-state index in [1.807, 2.05) is 37.3 Å². The lowest BCUT2D eigenvalue weighted by molar-refractivity contribution is -0.00806. The number of ether oxygens (including phenoxy) is 1. The minimum absolute atomic E-state index is 0. The van der Waals surface area contributed by atoms with Crippen LogP contribution in [0.4, 0.5) is 0 Å². The van der Waals surface area contributed by atoms with Gasteiger partial charge in [0, 0.05) is 51.8 Å². The van der Waals surface area contributed by atoms with Gasteiger partial charge in [-0.2, -0.15) is 5.10 Å². The summed E-state index contributed by atoms with van der Waals surface area (Å²) in [5, 5.41) is 7.60. The van der Waals surface area contributed by atoms with Crippen LogP contribution in [0.15, 0.2) is 29.8 Å². The molecule has 9 heteroatoms. The first kappa shape index (κ1) is 18.7. The molecule has 0 aromatic carbocycles. The molecule has 1 aliphatic heterocycles. The number of nitrogens with zero attached hydrogens (tertiary/aromatic N) is 6. The minimum Gasteiger partial charge on any atom is -0.370 e. The van der Waals surface area contributed by atoms with Gasteiger partial charge < -0.3 is 19.5 Å². The SMILES string of the molecule is CN=C(NCc1nccn1C)N1CCOC(c2cnn(C)c2)C1.I. The Hall–Kier alpha value is -1.62. The maximum atomic E-state index is 5.88. The lowest BCUT2D eigenvalue weighted by Crippen LogP contribution is -2.48. The van der Waals surface area contributed by atoms with Gasteiger partial charge in [-0.25, -0.2) is 4.98 Å². The van der Waals surface area contributed by atoms with Crippen molar-refractivity contribution in [2.24, 2.45) is 19.1 Å². The monoisotopic (exact) mass is 445 g/mol. The molecule has 2 aromatic heterocycles. The molecule has 2 aromatic rings. The van der Waals surface area contributed by atoms with E-state index in [-0.39, 0.29) is 30.1 Å². The first-order valence-electron chi connectivity index (χ1n) is 7.69. The van der Waals surface area contributed by atoms with E-state index >= 15 is 0 Å². The van der Waals surface area contributed by atoms with Gasteiger partial charge in [0.2, 0.25) is 0 Å². The van der Waals surface area contributed by atoms with Crippen LogP contribution in [-0.2, 0) is 25.4 Å². The molecule has 3 heterocycles. The van der Waals surface area contributed by atoms with Crippen LogP contribution in [0.2, 0.25) is 0 Å². The number of guanidine groups is 1. The number of aliphatic imine (C=N–C) groups is 1. The van der Waals surface area contributed by atoms with Crippen molar-refractivity contribution in [1.29, 1.82) is 0 Å². The summed E-state index contributed by atoms with van der Waals surface area (Å²) in [6, 6.07) is 0. The Morgan fingerprint density at radius 1 is 1.46 bits per heavy atom. The third-order valence-corrected chi connectivity index (χ3v) is 4.00. The molecule has 1 aliphatic rings. The minimum atomic E-state index is 0. The average Bonchev–Trinajstić information content (AvgIpc) is 3.17. The number of rotatable bonds is 3. The summed E-state index contributed by atoms with van der Waals surface area (Å²) in [4.78, 5) is 10.9. The van der Waals surface area contributed by atoms with E-state index in [2.05, 4.69) is 25.3 Å². The fraction of sp³-hybridized carbons (Fsp3) is 0.533. The number of aromatic nitrogens is 4. The highest BCUT2D eigenvalue weighted by Gasteiger charge is 2.25. The zero-order chi connectivity index (χ0) is 16.2. The van der Waals surface area contributed by atoms with Crippen LogP contribution in [0.25, 0.3) is 0 Å². The summed E-state index contributed by atoms with van der Waals surface area (Å²) in [7, 11) is 5.70. The smallest absolute Gasteiger partial charge is 0.194 e. The molecule has 0 radical (unpaired) electrons. The van der Waals surface area contributed by atoms with Crippen LogP contribution < -0.4 is 5.32 Å². The topological polar surface area (TPSA) is 72.5 Å². The van der Waals surface area contributed by atoms with Crippen molar-refractivity contribution in [3.05, 3.63) is 36.2 Å². The first-order valence-corrected chi connectivity index (χ1v) is 7.69. The Balaban J connectivity index is 0.00000208. The molecule has 1 N–H and O–H groups in total. The predicted octanol–water partition coefficient (Wildman–Crippen LogP) is 0.920. The number of aryl methyl sites for hydroxylation is 2. The summed E-state index contributed by atoms with van der Waals surface area (Å²) in [5.41, 5.74) is 1.09. The second-order valence-corrected chi connectivity index (χ2v) is 5.61. The van der Waals surface area contributed by atoms with Gasteiger partial charge in [-0.15, -0.1) is 24.0 Å². The molecular formula is C15H24IN7O. The second-order valence-electron chi connectivity index (χ2n) is 5.61. The molecule has 1 fully saturated rings. The highest BCUT2D eigenvalue weighted by molar-refractivity contribution is 14.0. The largest absolute Gasteiger partial charge is 0.370 e. The molecule has 132 valence electrons. The molecule has 0 aliphatic carbocycles. The summed E-state index contributed by atoms with van der Waals surface area (Å²) in [6.07, 6.45) is 7.61. The summed E-state index contributed by atoms with van der Waals surface area (Å²) in [5.74, 6) is 1.84. The fourth-order valence-corrected chi connectivity index (χ4v) is 2.71. The lowest BCUT2D eigenvalue weighted by Gasteiger charge is -2.34. The van der Waals surface area contributed by atoms with E-state index in [0.29, 0.717) is 13.2 Å². The molecule has 1 saturated heterocycles. The molecule has 8 nitrogen and oxygen atoms in total. The summed E-state index contributed by atoms with van der Waals surface area (Å²) < 4.78 is 9.67. The van der Waals surface area contributed by atoms with Crippen LogP contribution in [0, 0.1) is 0 Å². The van der Waals surface area contributed by atoms with E-state index in [1.54, 1.807) is 17.9 Å². The number of hydrogen-bond donors (Lipinski definition) is 1. The third kappa shape index (κ3) is 4.26. The maximum absolute atomic E-state index is 5.88. The van der Waals surface area contributed by atoms with Crippen LogP contribution in [0.5, 0.6) is 0 Å². The van der Waals surface area contributed by atoms with Crippen molar-refractivity contribution in [1.82, 2.24) is 29.5 Å². The second kappa shape index (κ2) is 8.47. The van der Waals surface area contributed by atoms with E-state index in [0.717, 1.165) is 30.4 Å². The van der Waals surface area contributed by atoms with Gasteiger partial charge in [-0.05, 0) is 0 Å². The van der Waals surface area contributed by atoms with E-state index in [9.17, 15) is 0 Å². The van der Waals surface area contributed by atoms with Gasteiger partial charge >= 0.3 is 0 Å². The van der Waals surface area contributed by atoms with Gasteiger partial charge in [0.05, 0.1) is 25.9 Å². The normalized spacial score (nSPS) is 18.4. The van der Waals surface area contributed by atoms with Crippen molar-refractivity contribution >= 4 is 29.9 Å². The van der Waals surface area contributed by atoms with E-state index < -0.39 is 0 Å². The molecule has 24 heavy (non-hydrogen) atoms. The number of halogens is 1. The molecule has 3 rings (SSSR count). The van der Waals surface area contributed by atoms with Gasteiger partial charge in [0.15, 0.2) is 5.96 Å². The van der Waals surface area contributed by atoms with Gasteiger partial charge in [-0.3, -0.25) is 9.67 Å². The number of morpholine rings is 1. The fourth-order valence-electron chi connectivity index (χ4n) is 2.71. The molecule has 0 spiro atoms. The maximum Gasteiger partial charge on any atom is 0.194 e. The van der Waals surface area contributed by atoms with E-state index in [1.165, 1.54) is 0 Å². The van der Waals surface area contributed by atoms with Gasteiger partial charge in [0.25, 0.3) is 0 Å². The zero-order valence-corrected chi connectivity index (χ0v) is 16.5. The Bertz CT molecular complexity index is 681. The van der Waals surface area contributed by atoms with Crippen LogP contribution in [-0.4, -0.2) is 56.9 Å². The van der Waals surface area contributed by atoms with Crippen molar-refractivity contribution in [2.45, 2.75) is 12.6 Å². The average molecular weight is 445 g/mol. The van der Waals surface area contributed by atoms with Gasteiger partial charge in [0.1, 0.15) is 11.9 Å². The number of nitrogens with one attached hydrogen (secondary N) is 1. The first-order chi connectivity index (χ1) is 11.2. The standard InChI is InChI=1S/C15H23N7O.HI/c1-16-15(18-9-14-17-4-5-20(14)2)22-6-7-23-13(11-22)12-8-19-21(3)10-12;/h4-5,8,10,13H,6-7,9,11H2,1-3H3,(H,16,18);1H. The molecular weight excluding hydrogens is 421 g/mol. The molecule has 0 bridgehead atoms. The van der Waals surface area contributed by atoms with Crippen LogP contribution in [0.3, 0.4) is 0 Å². The Morgan fingerprint density at radius 3 is 2.92 bits per heavy atom. The highest BCUT2D eigenvalue weighted by Crippen LogP contribution is 2.21. The van der Waals surface area contributed by atoms with Crippen molar-refractivity contribution < 1.29 is 4.74 Å². The summed E-state index contributed by atoms with van der Waals surface area (Å²) in [6.45, 7) is 2.89. The Labute approximate surface area is 158 Å². The van der Waals surface area contributed by atoms with Crippen LogP contribution >= 0.6 is 24.0 Å². The predicted molar refractivity (Wildman–Crippen MR) is 102 cm³/mol. The quantitative estimate of drug-likeness (QED) is 0.432. The molecule has 1 unspecified atom stereocenters. The van der Waals surface area contributed by atoms with Gasteiger partial charge in [-0.1, -0.05) is 0 Å².